The first-order valence-corrected chi connectivity index (χ1v) is 7.67. The summed E-state index contributed by atoms with van der Waals surface area (Å²) in [7, 11) is 0. The average Bonchev–Trinajstić information content (AvgIpc) is 2.56. The third kappa shape index (κ3) is 4.55. The monoisotopic (exact) mass is 317 g/mol. The molecule has 0 fully saturated rings. The fourth-order valence-electron chi connectivity index (χ4n) is 2.13. The van der Waals surface area contributed by atoms with E-state index in [2.05, 4.69) is 10.4 Å². The number of rotatable bonds is 8. The lowest BCUT2D eigenvalue weighted by molar-refractivity contribution is 0.130. The second kappa shape index (κ2) is 8.51. The van der Waals surface area contributed by atoms with Crippen LogP contribution in [0, 0.1) is 5.53 Å². The molecule has 0 unspecified atom stereocenters. The SMILES string of the molecule is CCc1cc(NCCOCc2ccccc2)c(N=N)cc1Cl. The van der Waals surface area contributed by atoms with Crippen molar-refractivity contribution >= 4 is 23.0 Å². The van der Waals surface area contributed by atoms with Crippen LogP contribution in [-0.2, 0) is 17.8 Å². The van der Waals surface area contributed by atoms with Gasteiger partial charge in [-0.15, -0.1) is 0 Å². The zero-order valence-corrected chi connectivity index (χ0v) is 13.4. The van der Waals surface area contributed by atoms with Crippen molar-refractivity contribution in [1.82, 2.24) is 0 Å². The summed E-state index contributed by atoms with van der Waals surface area (Å²) in [5, 5.41) is 7.42. The van der Waals surface area contributed by atoms with E-state index in [9.17, 15) is 0 Å². The Balaban J connectivity index is 1.85. The van der Waals surface area contributed by atoms with E-state index < -0.39 is 0 Å². The molecule has 2 rings (SSSR count). The number of nitrogens with zero attached hydrogens (tertiary/aromatic N) is 1. The van der Waals surface area contributed by atoms with Crippen molar-refractivity contribution in [1.29, 1.82) is 5.53 Å². The van der Waals surface area contributed by atoms with Crippen LogP contribution in [-0.4, -0.2) is 13.2 Å². The van der Waals surface area contributed by atoms with Crippen LogP contribution >= 0.6 is 11.6 Å². The van der Waals surface area contributed by atoms with Gasteiger partial charge in [0.25, 0.3) is 0 Å². The Morgan fingerprint density at radius 3 is 2.68 bits per heavy atom. The molecule has 0 spiro atoms. The van der Waals surface area contributed by atoms with E-state index in [0.717, 1.165) is 23.2 Å². The van der Waals surface area contributed by atoms with Gasteiger partial charge in [-0.3, -0.25) is 0 Å². The van der Waals surface area contributed by atoms with Gasteiger partial charge < -0.3 is 10.1 Å². The first kappa shape index (κ1) is 16.5. The van der Waals surface area contributed by atoms with Crippen LogP contribution in [0.4, 0.5) is 11.4 Å². The number of hydrogen-bond acceptors (Lipinski definition) is 4. The van der Waals surface area contributed by atoms with Gasteiger partial charge in [0, 0.05) is 11.6 Å². The van der Waals surface area contributed by atoms with E-state index in [4.69, 9.17) is 21.9 Å². The minimum Gasteiger partial charge on any atom is -0.381 e. The van der Waals surface area contributed by atoms with Crippen LogP contribution in [0.2, 0.25) is 5.02 Å². The third-order valence-electron chi connectivity index (χ3n) is 3.34. The minimum atomic E-state index is 0.547. The third-order valence-corrected chi connectivity index (χ3v) is 3.69. The Morgan fingerprint density at radius 2 is 2.00 bits per heavy atom. The highest BCUT2D eigenvalue weighted by molar-refractivity contribution is 6.31. The van der Waals surface area contributed by atoms with E-state index >= 15 is 0 Å². The van der Waals surface area contributed by atoms with Gasteiger partial charge in [0.2, 0.25) is 0 Å². The van der Waals surface area contributed by atoms with Gasteiger partial charge in [-0.2, -0.15) is 5.11 Å². The lowest BCUT2D eigenvalue weighted by Gasteiger charge is -2.12. The highest BCUT2D eigenvalue weighted by Crippen LogP contribution is 2.31. The largest absolute Gasteiger partial charge is 0.381 e. The zero-order valence-electron chi connectivity index (χ0n) is 12.6. The molecule has 2 aromatic carbocycles. The predicted octanol–water partition coefficient (Wildman–Crippen LogP) is 5.19. The molecule has 0 radical (unpaired) electrons. The van der Waals surface area contributed by atoms with Gasteiger partial charge in [-0.25, -0.2) is 5.53 Å². The molecule has 0 aliphatic carbocycles. The maximum Gasteiger partial charge on any atom is 0.110 e. The van der Waals surface area contributed by atoms with Gasteiger partial charge in [0.15, 0.2) is 0 Å². The fraction of sp³-hybridized carbons (Fsp3) is 0.294. The van der Waals surface area contributed by atoms with Crippen molar-refractivity contribution in [2.45, 2.75) is 20.0 Å². The molecule has 0 saturated carbocycles. The number of nitrogens with one attached hydrogen (secondary N) is 2. The first-order chi connectivity index (χ1) is 10.7. The van der Waals surface area contributed by atoms with E-state index in [-0.39, 0.29) is 0 Å². The van der Waals surface area contributed by atoms with Crippen LogP contribution in [0.3, 0.4) is 0 Å². The second-order valence-electron chi connectivity index (χ2n) is 4.89. The summed E-state index contributed by atoms with van der Waals surface area (Å²) in [4.78, 5) is 0. The van der Waals surface area contributed by atoms with Gasteiger partial charge in [-0.1, -0.05) is 48.9 Å². The first-order valence-electron chi connectivity index (χ1n) is 7.30. The van der Waals surface area contributed by atoms with Gasteiger partial charge in [0.1, 0.15) is 5.69 Å². The smallest absolute Gasteiger partial charge is 0.110 e. The number of hydrogen-bond donors (Lipinski definition) is 2. The molecule has 22 heavy (non-hydrogen) atoms. The van der Waals surface area contributed by atoms with E-state index in [1.165, 1.54) is 0 Å². The molecule has 0 atom stereocenters. The zero-order chi connectivity index (χ0) is 15.8. The molecule has 2 N–H and O–H groups in total. The molecule has 4 nitrogen and oxygen atoms in total. The lowest BCUT2D eigenvalue weighted by Crippen LogP contribution is -2.09. The summed E-state index contributed by atoms with van der Waals surface area (Å²) in [5.74, 6) is 0. The molecule has 0 heterocycles. The lowest BCUT2D eigenvalue weighted by atomic mass is 10.1. The standard InChI is InChI=1S/C17H20ClN3O/c1-2-14-10-16(17(21-19)11-15(14)18)20-8-9-22-12-13-6-4-3-5-7-13/h3-7,10-11,19-20H,2,8-9,12H2,1H3. The maximum atomic E-state index is 7.23. The summed E-state index contributed by atoms with van der Waals surface area (Å²) in [6.07, 6.45) is 0.844. The highest BCUT2D eigenvalue weighted by Gasteiger charge is 2.07. The Labute approximate surface area is 136 Å². The number of halogens is 1. The number of benzene rings is 2. The Morgan fingerprint density at radius 1 is 1.23 bits per heavy atom. The number of ether oxygens (including phenoxy) is 1. The molecule has 0 aliphatic heterocycles. The maximum absolute atomic E-state index is 7.23. The Hall–Kier alpha value is -1.91. The molecule has 0 aliphatic rings. The molecule has 116 valence electrons. The Kier molecular flexibility index (Phi) is 6.37. The summed E-state index contributed by atoms with van der Waals surface area (Å²) in [6.45, 7) is 3.88. The van der Waals surface area contributed by atoms with Crippen LogP contribution in [0.25, 0.3) is 0 Å². The molecular formula is C17H20ClN3O. The predicted molar refractivity (Wildman–Crippen MR) is 90.2 cm³/mol. The van der Waals surface area contributed by atoms with Crippen molar-refractivity contribution in [2.75, 3.05) is 18.5 Å². The van der Waals surface area contributed by atoms with Crippen LogP contribution in [0.15, 0.2) is 47.6 Å². The molecule has 5 heteroatoms. The number of anilines is 1. The quantitative estimate of drug-likeness (QED) is 0.519. The minimum absolute atomic E-state index is 0.547. The molecular weight excluding hydrogens is 298 g/mol. The second-order valence-corrected chi connectivity index (χ2v) is 5.30. The van der Waals surface area contributed by atoms with E-state index in [1.807, 2.05) is 43.3 Å². The Bertz CT molecular complexity index is 617. The summed E-state index contributed by atoms with van der Waals surface area (Å²) >= 11 is 6.14. The molecule has 0 aromatic heterocycles. The van der Waals surface area contributed by atoms with Crippen LogP contribution < -0.4 is 5.32 Å². The highest BCUT2D eigenvalue weighted by atomic mass is 35.5. The van der Waals surface area contributed by atoms with Gasteiger partial charge in [0.05, 0.1) is 18.9 Å². The van der Waals surface area contributed by atoms with Crippen molar-refractivity contribution in [3.8, 4) is 0 Å². The topological polar surface area (TPSA) is 57.5 Å². The molecule has 0 bridgehead atoms. The van der Waals surface area contributed by atoms with Gasteiger partial charge >= 0.3 is 0 Å². The van der Waals surface area contributed by atoms with Crippen molar-refractivity contribution in [3.05, 3.63) is 58.6 Å². The number of aryl methyl sites for hydroxylation is 1. The molecule has 0 saturated heterocycles. The van der Waals surface area contributed by atoms with Gasteiger partial charge in [-0.05, 0) is 29.7 Å². The average molecular weight is 318 g/mol. The summed E-state index contributed by atoms with van der Waals surface area (Å²) < 4.78 is 5.63. The van der Waals surface area contributed by atoms with Crippen LogP contribution in [0.1, 0.15) is 18.1 Å². The van der Waals surface area contributed by atoms with Crippen molar-refractivity contribution in [3.63, 3.8) is 0 Å². The summed E-state index contributed by atoms with van der Waals surface area (Å²) in [5.41, 5.74) is 10.8. The van der Waals surface area contributed by atoms with E-state index in [1.54, 1.807) is 6.07 Å². The van der Waals surface area contributed by atoms with Crippen molar-refractivity contribution < 1.29 is 4.74 Å². The summed E-state index contributed by atoms with van der Waals surface area (Å²) in [6, 6.07) is 13.7. The van der Waals surface area contributed by atoms with Crippen molar-refractivity contribution in [2.24, 2.45) is 5.11 Å². The molecule has 2 aromatic rings. The van der Waals surface area contributed by atoms with Crippen LogP contribution in [0.5, 0.6) is 0 Å². The van der Waals surface area contributed by atoms with E-state index in [0.29, 0.717) is 30.5 Å². The normalized spacial score (nSPS) is 10.5. The molecule has 0 amide bonds. The fourth-order valence-corrected chi connectivity index (χ4v) is 2.43.